The van der Waals surface area contributed by atoms with Crippen LogP contribution in [0.15, 0.2) is 24.7 Å². The number of aryl methyl sites for hydroxylation is 1. The number of amides is 1. The second-order valence-corrected chi connectivity index (χ2v) is 6.15. The Morgan fingerprint density at radius 2 is 2.24 bits per heavy atom. The van der Waals surface area contributed by atoms with Crippen LogP contribution in [-0.2, 0) is 13.6 Å². The number of aliphatic hydroxyl groups is 1. The van der Waals surface area contributed by atoms with Crippen LogP contribution in [0.25, 0.3) is 0 Å². The van der Waals surface area contributed by atoms with Gasteiger partial charge in [0.1, 0.15) is 18.0 Å². The van der Waals surface area contributed by atoms with Crippen LogP contribution in [0.4, 0.5) is 5.82 Å². The van der Waals surface area contributed by atoms with Gasteiger partial charge in [-0.3, -0.25) is 9.69 Å². The predicted molar refractivity (Wildman–Crippen MR) is 92.0 cm³/mol. The van der Waals surface area contributed by atoms with E-state index in [0.29, 0.717) is 44.1 Å². The zero-order valence-electron chi connectivity index (χ0n) is 14.5. The molecule has 3 heterocycles. The van der Waals surface area contributed by atoms with Crippen molar-refractivity contribution >= 4 is 11.7 Å². The van der Waals surface area contributed by atoms with Gasteiger partial charge < -0.3 is 19.9 Å². The minimum absolute atomic E-state index is 0.128. The highest BCUT2D eigenvalue weighted by molar-refractivity contribution is 5.98. The first kappa shape index (κ1) is 17.3. The lowest BCUT2D eigenvalue weighted by Crippen LogP contribution is -2.38. The predicted octanol–water partition coefficient (Wildman–Crippen LogP) is -0.429. The van der Waals surface area contributed by atoms with Crippen molar-refractivity contribution in [3.63, 3.8) is 0 Å². The number of anilines is 1. The van der Waals surface area contributed by atoms with Crippen LogP contribution in [0.1, 0.15) is 16.2 Å². The molecule has 1 saturated heterocycles. The Balaban J connectivity index is 1.70. The highest BCUT2D eigenvalue weighted by Crippen LogP contribution is 2.16. The highest BCUT2D eigenvalue weighted by atomic mass is 16.3. The second-order valence-electron chi connectivity index (χ2n) is 6.15. The van der Waals surface area contributed by atoms with Crippen LogP contribution in [0.2, 0.25) is 0 Å². The smallest absolute Gasteiger partial charge is 0.257 e. The van der Waals surface area contributed by atoms with E-state index in [1.807, 2.05) is 11.6 Å². The van der Waals surface area contributed by atoms with Gasteiger partial charge in [-0.1, -0.05) is 0 Å². The quantitative estimate of drug-likeness (QED) is 0.776. The first-order chi connectivity index (χ1) is 12.1. The van der Waals surface area contributed by atoms with E-state index in [0.717, 1.165) is 5.82 Å². The van der Waals surface area contributed by atoms with Gasteiger partial charge in [0, 0.05) is 46.5 Å². The SMILES string of the molecule is CNc1ncccc1C(=O)N1CCN(Cc2nncn2C)C[C@H](O)C1. The van der Waals surface area contributed by atoms with Gasteiger partial charge in [-0.05, 0) is 12.1 Å². The number of nitrogens with zero attached hydrogens (tertiary/aromatic N) is 6. The first-order valence-corrected chi connectivity index (χ1v) is 8.24. The number of nitrogens with one attached hydrogen (secondary N) is 1. The summed E-state index contributed by atoms with van der Waals surface area (Å²) in [5.41, 5.74) is 0.513. The van der Waals surface area contributed by atoms with Gasteiger partial charge in [-0.15, -0.1) is 10.2 Å². The third-order valence-electron chi connectivity index (χ3n) is 4.32. The molecule has 2 N–H and O–H groups in total. The van der Waals surface area contributed by atoms with E-state index in [1.165, 1.54) is 0 Å². The molecule has 0 radical (unpaired) electrons. The van der Waals surface area contributed by atoms with Gasteiger partial charge in [0.2, 0.25) is 0 Å². The number of β-amino-alcohol motifs (C(OH)–C–C–N with tert-alkyl or cyclic N) is 1. The molecule has 25 heavy (non-hydrogen) atoms. The Labute approximate surface area is 146 Å². The molecule has 0 saturated carbocycles. The number of pyridine rings is 1. The fraction of sp³-hybridized carbons (Fsp3) is 0.500. The van der Waals surface area contributed by atoms with Crippen LogP contribution >= 0.6 is 0 Å². The summed E-state index contributed by atoms with van der Waals surface area (Å²) in [5, 5.41) is 21.2. The standard InChI is InChI=1S/C16H23N7O2/c1-17-15-13(4-3-5-18-15)16(25)23-7-6-22(8-12(24)9-23)10-14-20-19-11-21(14)2/h3-5,11-12,24H,6-10H2,1-2H3,(H,17,18)/t12-/m0/s1. The largest absolute Gasteiger partial charge is 0.390 e. The van der Waals surface area contributed by atoms with Crippen molar-refractivity contribution in [1.29, 1.82) is 0 Å². The summed E-state index contributed by atoms with van der Waals surface area (Å²) in [6, 6.07) is 3.48. The van der Waals surface area contributed by atoms with Gasteiger partial charge in [0.25, 0.3) is 5.91 Å². The summed E-state index contributed by atoms with van der Waals surface area (Å²) >= 11 is 0. The third-order valence-corrected chi connectivity index (χ3v) is 4.32. The van der Waals surface area contributed by atoms with E-state index < -0.39 is 6.10 Å². The number of aromatic nitrogens is 4. The lowest BCUT2D eigenvalue weighted by atomic mass is 10.2. The fourth-order valence-corrected chi connectivity index (χ4v) is 2.98. The van der Waals surface area contributed by atoms with Gasteiger partial charge >= 0.3 is 0 Å². The van der Waals surface area contributed by atoms with Crippen molar-refractivity contribution in [2.75, 3.05) is 38.5 Å². The van der Waals surface area contributed by atoms with E-state index in [4.69, 9.17) is 0 Å². The van der Waals surface area contributed by atoms with Crippen LogP contribution in [0.3, 0.4) is 0 Å². The molecule has 0 aliphatic carbocycles. The molecule has 2 aromatic rings. The molecule has 134 valence electrons. The first-order valence-electron chi connectivity index (χ1n) is 8.24. The molecule has 0 aromatic carbocycles. The van der Waals surface area contributed by atoms with Crippen molar-refractivity contribution in [3.8, 4) is 0 Å². The van der Waals surface area contributed by atoms with Crippen molar-refractivity contribution in [1.82, 2.24) is 29.5 Å². The topological polar surface area (TPSA) is 99.4 Å². The van der Waals surface area contributed by atoms with Gasteiger partial charge in [-0.2, -0.15) is 0 Å². The average Bonchev–Trinajstić information content (AvgIpc) is 2.92. The molecule has 0 unspecified atom stereocenters. The number of carbonyl (C=O) groups is 1. The number of aliphatic hydroxyl groups excluding tert-OH is 1. The molecule has 1 atom stereocenters. The van der Waals surface area contributed by atoms with E-state index in [1.54, 1.807) is 36.6 Å². The Morgan fingerprint density at radius 1 is 1.40 bits per heavy atom. The summed E-state index contributed by atoms with van der Waals surface area (Å²) in [6.45, 7) is 2.57. The number of hydrogen-bond acceptors (Lipinski definition) is 7. The Morgan fingerprint density at radius 3 is 2.96 bits per heavy atom. The van der Waals surface area contributed by atoms with Crippen LogP contribution in [0.5, 0.6) is 0 Å². The lowest BCUT2D eigenvalue weighted by molar-refractivity contribution is 0.0663. The number of carbonyl (C=O) groups excluding carboxylic acids is 1. The van der Waals surface area contributed by atoms with Crippen molar-refractivity contribution in [3.05, 3.63) is 36.0 Å². The van der Waals surface area contributed by atoms with E-state index >= 15 is 0 Å². The highest BCUT2D eigenvalue weighted by Gasteiger charge is 2.27. The molecular weight excluding hydrogens is 322 g/mol. The number of rotatable bonds is 4. The zero-order chi connectivity index (χ0) is 17.8. The van der Waals surface area contributed by atoms with Crippen molar-refractivity contribution < 1.29 is 9.90 Å². The summed E-state index contributed by atoms with van der Waals surface area (Å²) in [6.07, 6.45) is 2.68. The van der Waals surface area contributed by atoms with Crippen LogP contribution in [-0.4, -0.2) is 79.9 Å². The average molecular weight is 345 g/mol. The summed E-state index contributed by atoms with van der Waals surface area (Å²) < 4.78 is 1.86. The maximum absolute atomic E-state index is 12.8. The molecule has 0 bridgehead atoms. The molecule has 1 fully saturated rings. The molecule has 0 spiro atoms. The Kier molecular flexibility index (Phi) is 5.25. The minimum atomic E-state index is -0.616. The normalized spacial score (nSPS) is 18.8. The van der Waals surface area contributed by atoms with Crippen molar-refractivity contribution in [2.24, 2.45) is 7.05 Å². The molecule has 9 heteroatoms. The van der Waals surface area contributed by atoms with E-state index in [9.17, 15) is 9.90 Å². The molecule has 2 aromatic heterocycles. The molecule has 1 aliphatic rings. The monoisotopic (exact) mass is 345 g/mol. The summed E-state index contributed by atoms with van der Waals surface area (Å²) in [7, 11) is 3.63. The maximum atomic E-state index is 12.8. The zero-order valence-corrected chi connectivity index (χ0v) is 14.5. The van der Waals surface area contributed by atoms with Gasteiger partial charge in [0.15, 0.2) is 0 Å². The van der Waals surface area contributed by atoms with Gasteiger partial charge in [0.05, 0.1) is 18.2 Å². The molecule has 1 aliphatic heterocycles. The summed E-state index contributed by atoms with van der Waals surface area (Å²) in [5.74, 6) is 1.25. The second kappa shape index (κ2) is 7.58. The van der Waals surface area contributed by atoms with Gasteiger partial charge in [-0.25, -0.2) is 4.98 Å². The van der Waals surface area contributed by atoms with Crippen LogP contribution < -0.4 is 5.32 Å². The molecule has 1 amide bonds. The number of hydrogen-bond donors (Lipinski definition) is 2. The molecule has 3 rings (SSSR count). The fourth-order valence-electron chi connectivity index (χ4n) is 2.98. The van der Waals surface area contributed by atoms with E-state index in [2.05, 4.69) is 25.4 Å². The Bertz CT molecular complexity index is 733. The molecule has 9 nitrogen and oxygen atoms in total. The maximum Gasteiger partial charge on any atom is 0.257 e. The van der Waals surface area contributed by atoms with Crippen LogP contribution in [0, 0.1) is 0 Å². The molecular formula is C16H23N7O2. The lowest BCUT2D eigenvalue weighted by Gasteiger charge is -2.22. The van der Waals surface area contributed by atoms with Crippen molar-refractivity contribution in [2.45, 2.75) is 12.6 Å². The Hall–Kier alpha value is -2.52. The van der Waals surface area contributed by atoms with E-state index in [-0.39, 0.29) is 5.91 Å². The minimum Gasteiger partial charge on any atom is -0.390 e. The third kappa shape index (κ3) is 3.94. The summed E-state index contributed by atoms with van der Waals surface area (Å²) in [4.78, 5) is 20.8.